The highest BCUT2D eigenvalue weighted by Crippen LogP contribution is 2.55. The highest BCUT2D eigenvalue weighted by Gasteiger charge is 2.51. The van der Waals surface area contributed by atoms with Crippen molar-refractivity contribution >= 4 is 23.3 Å². The van der Waals surface area contributed by atoms with E-state index < -0.39 is 0 Å². The van der Waals surface area contributed by atoms with E-state index in [1.165, 1.54) is 26.2 Å². The molecule has 0 aliphatic heterocycles. The summed E-state index contributed by atoms with van der Waals surface area (Å²) in [6.07, 6.45) is 8.45. The average molecular weight is 413 g/mol. The molecule has 0 aromatic heterocycles. The maximum atomic E-state index is 12.7. The van der Waals surface area contributed by atoms with Crippen LogP contribution in [0.4, 0.5) is 5.69 Å². The van der Waals surface area contributed by atoms with Crippen molar-refractivity contribution < 1.29 is 19.1 Å². The van der Waals surface area contributed by atoms with Crippen LogP contribution < -0.4 is 15.4 Å². The minimum Gasteiger partial charge on any atom is -0.483 e. The van der Waals surface area contributed by atoms with E-state index in [-0.39, 0.29) is 29.7 Å². The third-order valence-corrected chi connectivity index (χ3v) is 6.92. The maximum Gasteiger partial charge on any atom is 0.258 e. The Labute approximate surface area is 178 Å². The number of ketones is 1. The van der Waals surface area contributed by atoms with Gasteiger partial charge < -0.3 is 15.4 Å². The highest BCUT2D eigenvalue weighted by atomic mass is 16.5. The van der Waals surface area contributed by atoms with E-state index in [0.29, 0.717) is 23.4 Å². The van der Waals surface area contributed by atoms with E-state index in [0.717, 1.165) is 43.4 Å². The first-order chi connectivity index (χ1) is 14.4. The molecule has 162 valence electrons. The molecule has 0 saturated heterocycles. The molecule has 2 amide bonds. The monoisotopic (exact) mass is 412 g/mol. The van der Waals surface area contributed by atoms with E-state index in [1.807, 2.05) is 6.92 Å². The molecule has 0 unspecified atom stereocenters. The summed E-state index contributed by atoms with van der Waals surface area (Å²) in [6.45, 7) is 3.28. The summed E-state index contributed by atoms with van der Waals surface area (Å²) >= 11 is 0. The summed E-state index contributed by atoms with van der Waals surface area (Å²) in [5.41, 5.74) is 0.877. The predicted octanol–water partition coefficient (Wildman–Crippen LogP) is 4.09. The quantitative estimate of drug-likeness (QED) is 0.630. The number of Topliss-reactive ketones (excluding diaryl/α,β-unsaturated/α-hetero) is 1. The largest absolute Gasteiger partial charge is 0.483 e. The van der Waals surface area contributed by atoms with Crippen LogP contribution in [-0.4, -0.2) is 29.7 Å². The molecular weight excluding hydrogens is 380 g/mol. The molecule has 0 atom stereocenters. The first kappa shape index (κ1) is 20.9. The van der Waals surface area contributed by atoms with Crippen LogP contribution in [0.2, 0.25) is 0 Å². The first-order valence-electron chi connectivity index (χ1n) is 11.2. The maximum absolute atomic E-state index is 12.7. The van der Waals surface area contributed by atoms with Gasteiger partial charge in [0, 0.05) is 17.6 Å². The SMILES string of the molecule is CCCC(=O)Nc1ccc(OCC(=O)NC23CC4CC(CC(C4)C2)C3)c(C(C)=O)c1. The van der Waals surface area contributed by atoms with Gasteiger partial charge in [-0.3, -0.25) is 14.4 Å². The van der Waals surface area contributed by atoms with Crippen LogP contribution in [0.15, 0.2) is 18.2 Å². The van der Waals surface area contributed by atoms with Crippen LogP contribution in [0.1, 0.15) is 75.6 Å². The van der Waals surface area contributed by atoms with Gasteiger partial charge in [-0.2, -0.15) is 0 Å². The van der Waals surface area contributed by atoms with Crippen molar-refractivity contribution in [1.29, 1.82) is 0 Å². The molecule has 30 heavy (non-hydrogen) atoms. The molecule has 4 bridgehead atoms. The third-order valence-electron chi connectivity index (χ3n) is 6.92. The summed E-state index contributed by atoms with van der Waals surface area (Å²) < 4.78 is 5.74. The molecule has 5 rings (SSSR count). The molecule has 4 saturated carbocycles. The molecule has 4 fully saturated rings. The van der Waals surface area contributed by atoms with Crippen LogP contribution in [0.3, 0.4) is 0 Å². The lowest BCUT2D eigenvalue weighted by molar-refractivity contribution is -0.128. The number of hydrogen-bond acceptors (Lipinski definition) is 4. The molecular formula is C24H32N2O4. The van der Waals surface area contributed by atoms with E-state index in [4.69, 9.17) is 4.74 Å². The predicted molar refractivity (Wildman–Crippen MR) is 115 cm³/mol. The Morgan fingerprint density at radius 2 is 1.67 bits per heavy atom. The van der Waals surface area contributed by atoms with Crippen molar-refractivity contribution in [1.82, 2.24) is 5.32 Å². The Morgan fingerprint density at radius 1 is 1.03 bits per heavy atom. The topological polar surface area (TPSA) is 84.5 Å². The normalized spacial score (nSPS) is 28.8. The Bertz CT molecular complexity index is 812. The molecule has 0 spiro atoms. The van der Waals surface area contributed by atoms with Crippen LogP contribution in [0.5, 0.6) is 5.75 Å². The van der Waals surface area contributed by atoms with Crippen LogP contribution >= 0.6 is 0 Å². The lowest BCUT2D eigenvalue weighted by Crippen LogP contribution is -2.60. The van der Waals surface area contributed by atoms with Crippen molar-refractivity contribution in [2.45, 2.75) is 70.8 Å². The second-order valence-corrected chi connectivity index (χ2v) is 9.60. The average Bonchev–Trinajstić information content (AvgIpc) is 2.65. The minimum atomic E-state index is -0.168. The zero-order valence-electron chi connectivity index (χ0n) is 18.0. The number of hydrogen-bond donors (Lipinski definition) is 2. The van der Waals surface area contributed by atoms with E-state index in [1.54, 1.807) is 18.2 Å². The van der Waals surface area contributed by atoms with E-state index in [9.17, 15) is 14.4 Å². The molecule has 0 radical (unpaired) electrons. The summed E-state index contributed by atoms with van der Waals surface area (Å²) in [6, 6.07) is 4.96. The fourth-order valence-electron chi connectivity index (χ4n) is 6.20. The molecule has 0 heterocycles. The summed E-state index contributed by atoms with van der Waals surface area (Å²) in [4.78, 5) is 36.6. The number of benzene rings is 1. The van der Waals surface area contributed by atoms with Crippen LogP contribution in [0, 0.1) is 17.8 Å². The number of nitrogens with one attached hydrogen (secondary N) is 2. The van der Waals surface area contributed by atoms with Crippen LogP contribution in [0.25, 0.3) is 0 Å². The molecule has 1 aromatic carbocycles. The third kappa shape index (κ3) is 4.52. The fraction of sp³-hybridized carbons (Fsp3) is 0.625. The molecule has 6 heteroatoms. The van der Waals surface area contributed by atoms with Crippen molar-refractivity contribution in [3.8, 4) is 5.75 Å². The highest BCUT2D eigenvalue weighted by molar-refractivity contribution is 5.99. The lowest BCUT2D eigenvalue weighted by atomic mass is 9.53. The summed E-state index contributed by atoms with van der Waals surface area (Å²) in [5.74, 6) is 2.28. The van der Waals surface area contributed by atoms with Crippen molar-refractivity contribution in [3.63, 3.8) is 0 Å². The number of anilines is 1. The van der Waals surface area contributed by atoms with Crippen molar-refractivity contribution in [2.75, 3.05) is 11.9 Å². The number of carbonyl (C=O) groups is 3. The Balaban J connectivity index is 1.37. The minimum absolute atomic E-state index is 0.0496. The first-order valence-corrected chi connectivity index (χ1v) is 11.2. The number of ether oxygens (including phenoxy) is 1. The van der Waals surface area contributed by atoms with Gasteiger partial charge in [0.15, 0.2) is 12.4 Å². The molecule has 2 N–H and O–H groups in total. The fourth-order valence-corrected chi connectivity index (χ4v) is 6.20. The van der Waals surface area contributed by atoms with Gasteiger partial charge in [0.05, 0.1) is 5.56 Å². The van der Waals surface area contributed by atoms with Gasteiger partial charge >= 0.3 is 0 Å². The molecule has 4 aliphatic carbocycles. The molecule has 1 aromatic rings. The van der Waals surface area contributed by atoms with Gasteiger partial charge in [-0.25, -0.2) is 0 Å². The van der Waals surface area contributed by atoms with Crippen molar-refractivity contribution in [2.24, 2.45) is 17.8 Å². The van der Waals surface area contributed by atoms with E-state index in [2.05, 4.69) is 10.6 Å². The molecule has 4 aliphatic rings. The van der Waals surface area contributed by atoms with Gasteiger partial charge in [0.25, 0.3) is 5.91 Å². The smallest absolute Gasteiger partial charge is 0.258 e. The van der Waals surface area contributed by atoms with E-state index >= 15 is 0 Å². The van der Waals surface area contributed by atoms with Gasteiger partial charge in [-0.05, 0) is 87.8 Å². The molecule has 6 nitrogen and oxygen atoms in total. The zero-order chi connectivity index (χ0) is 21.3. The Hall–Kier alpha value is -2.37. The van der Waals surface area contributed by atoms with Gasteiger partial charge in [0.1, 0.15) is 5.75 Å². The lowest BCUT2D eigenvalue weighted by Gasteiger charge is -2.56. The summed E-state index contributed by atoms with van der Waals surface area (Å²) in [7, 11) is 0. The number of carbonyl (C=O) groups excluding carboxylic acids is 3. The standard InChI is InChI=1S/C24H32N2O4/c1-3-4-22(28)25-19-5-6-21(20(10-19)15(2)27)30-14-23(29)26-24-11-16-7-17(12-24)9-18(8-16)13-24/h5-6,10,16-18H,3-4,7-9,11-14H2,1-2H3,(H,25,28)(H,26,29). The second-order valence-electron chi connectivity index (χ2n) is 9.60. The number of amides is 2. The summed E-state index contributed by atoms with van der Waals surface area (Å²) in [5, 5.41) is 6.08. The Kier molecular flexibility index (Phi) is 5.85. The van der Waals surface area contributed by atoms with Crippen molar-refractivity contribution in [3.05, 3.63) is 23.8 Å². The van der Waals surface area contributed by atoms with Gasteiger partial charge in [-0.1, -0.05) is 6.92 Å². The second kappa shape index (κ2) is 8.40. The Morgan fingerprint density at radius 3 is 2.23 bits per heavy atom. The van der Waals surface area contributed by atoms with Crippen LogP contribution in [-0.2, 0) is 9.59 Å². The van der Waals surface area contributed by atoms with Gasteiger partial charge in [0.2, 0.25) is 5.91 Å². The zero-order valence-corrected chi connectivity index (χ0v) is 18.0. The number of rotatable bonds is 8. The van der Waals surface area contributed by atoms with Gasteiger partial charge in [-0.15, -0.1) is 0 Å².